The summed E-state index contributed by atoms with van der Waals surface area (Å²) in [4.78, 5) is 2.89. The molecule has 2 nitrogen and oxygen atoms in total. The molecule has 1 atom stereocenters. The van der Waals surface area contributed by atoms with E-state index in [4.69, 9.17) is 0 Å². The van der Waals surface area contributed by atoms with Gasteiger partial charge in [0, 0.05) is 11.8 Å². The van der Waals surface area contributed by atoms with Crippen LogP contribution >= 0.6 is 11.3 Å². The summed E-state index contributed by atoms with van der Waals surface area (Å²) in [5.41, 5.74) is -0.433. The Labute approximate surface area is 108 Å². The van der Waals surface area contributed by atoms with Crippen molar-refractivity contribution in [2.24, 2.45) is 0 Å². The average molecular weight is 295 g/mol. The van der Waals surface area contributed by atoms with Crippen molar-refractivity contribution in [3.63, 3.8) is 0 Å². The van der Waals surface area contributed by atoms with Crippen molar-refractivity contribution in [2.45, 2.75) is 12.3 Å². The Morgan fingerprint density at radius 2 is 1.89 bits per heavy atom. The summed E-state index contributed by atoms with van der Waals surface area (Å²) >= 11 is 0.182. The van der Waals surface area contributed by atoms with Crippen LogP contribution in [0.3, 0.4) is 0 Å². The van der Waals surface area contributed by atoms with Crippen molar-refractivity contribution < 1.29 is 27.1 Å². The van der Waals surface area contributed by atoms with Crippen LogP contribution in [0.25, 0.3) is 0 Å². The number of aromatic nitrogens is 1. The summed E-state index contributed by atoms with van der Waals surface area (Å²) in [6.45, 7) is 0. The minimum Gasteiger partial charge on any atom is -0.383 e. The van der Waals surface area contributed by atoms with Gasteiger partial charge in [-0.3, -0.25) is 0 Å². The maximum atomic E-state index is 13.4. The highest BCUT2D eigenvalue weighted by molar-refractivity contribution is 7.11. The van der Waals surface area contributed by atoms with Gasteiger partial charge >= 0.3 is 6.18 Å². The predicted molar refractivity (Wildman–Crippen MR) is 57.5 cm³/mol. The number of benzene rings is 1. The van der Waals surface area contributed by atoms with E-state index < -0.39 is 34.5 Å². The minimum atomic E-state index is -4.64. The number of hydrogen-bond acceptors (Lipinski definition) is 3. The van der Waals surface area contributed by atoms with E-state index in [0.717, 1.165) is 24.4 Å². The first-order chi connectivity index (χ1) is 8.80. The highest BCUT2D eigenvalue weighted by Gasteiger charge is 2.35. The molecule has 1 unspecified atom stereocenters. The van der Waals surface area contributed by atoms with E-state index in [0.29, 0.717) is 0 Å². The van der Waals surface area contributed by atoms with Crippen molar-refractivity contribution in [1.82, 2.24) is 4.98 Å². The number of rotatable bonds is 2. The number of hydrogen-bond donors (Lipinski definition) is 1. The standard InChI is InChI=1S/C11H6F5NOS/c12-6-3-1-2-5(8(6)13)9(18)7-4-17-10(19-7)11(14,15)16/h1-4,9,18H. The molecule has 0 fully saturated rings. The van der Waals surface area contributed by atoms with Gasteiger partial charge in [0.25, 0.3) is 0 Å². The second-order valence-corrected chi connectivity index (χ2v) is 4.67. The molecule has 19 heavy (non-hydrogen) atoms. The van der Waals surface area contributed by atoms with E-state index in [-0.39, 0.29) is 16.2 Å². The Bertz CT molecular complexity index is 595. The Hall–Kier alpha value is -1.54. The molecule has 0 spiro atoms. The molecule has 102 valence electrons. The maximum absolute atomic E-state index is 13.4. The molecule has 0 radical (unpaired) electrons. The summed E-state index contributed by atoms with van der Waals surface area (Å²) in [7, 11) is 0. The fraction of sp³-hybridized carbons (Fsp3) is 0.182. The van der Waals surface area contributed by atoms with E-state index in [1.54, 1.807) is 0 Å². The smallest absolute Gasteiger partial charge is 0.383 e. The molecule has 0 aliphatic carbocycles. The monoisotopic (exact) mass is 295 g/mol. The second-order valence-electron chi connectivity index (χ2n) is 3.61. The summed E-state index contributed by atoms with van der Waals surface area (Å²) < 4.78 is 63.4. The quantitative estimate of drug-likeness (QED) is 0.860. The molecular formula is C11H6F5NOS. The van der Waals surface area contributed by atoms with Gasteiger partial charge in [-0.25, -0.2) is 13.8 Å². The van der Waals surface area contributed by atoms with Crippen LogP contribution in [0.2, 0.25) is 0 Å². The zero-order valence-electron chi connectivity index (χ0n) is 9.08. The van der Waals surface area contributed by atoms with Gasteiger partial charge in [-0.15, -0.1) is 11.3 Å². The van der Waals surface area contributed by atoms with Crippen molar-refractivity contribution in [1.29, 1.82) is 0 Å². The third-order valence-corrected chi connectivity index (χ3v) is 3.41. The average Bonchev–Trinajstić information content (AvgIpc) is 2.81. The SMILES string of the molecule is OC(c1cnc(C(F)(F)F)s1)c1cccc(F)c1F. The van der Waals surface area contributed by atoms with Crippen LogP contribution < -0.4 is 0 Å². The zero-order chi connectivity index (χ0) is 14.2. The third-order valence-electron chi connectivity index (χ3n) is 2.31. The summed E-state index contributed by atoms with van der Waals surface area (Å²) in [5, 5.41) is 8.62. The molecule has 0 bridgehead atoms. The van der Waals surface area contributed by atoms with Gasteiger partial charge in [-0.2, -0.15) is 13.2 Å². The third kappa shape index (κ3) is 2.74. The van der Waals surface area contributed by atoms with Gasteiger partial charge < -0.3 is 5.11 Å². The highest BCUT2D eigenvalue weighted by atomic mass is 32.1. The lowest BCUT2D eigenvalue weighted by atomic mass is 10.1. The van der Waals surface area contributed by atoms with Crippen LogP contribution in [0.1, 0.15) is 21.6 Å². The van der Waals surface area contributed by atoms with Gasteiger partial charge in [-0.05, 0) is 6.07 Å². The van der Waals surface area contributed by atoms with Gasteiger partial charge in [0.05, 0.1) is 4.88 Å². The number of halogens is 5. The molecule has 0 saturated heterocycles. The fourth-order valence-corrected chi connectivity index (χ4v) is 2.22. The van der Waals surface area contributed by atoms with Crippen LogP contribution in [-0.2, 0) is 6.18 Å². The van der Waals surface area contributed by atoms with E-state index >= 15 is 0 Å². The molecule has 0 aliphatic heterocycles. The van der Waals surface area contributed by atoms with Crippen molar-refractivity contribution >= 4 is 11.3 Å². The van der Waals surface area contributed by atoms with E-state index in [9.17, 15) is 27.1 Å². The fourth-order valence-electron chi connectivity index (χ4n) is 1.43. The number of alkyl halides is 3. The molecule has 1 aromatic carbocycles. The molecule has 0 aliphatic rings. The molecule has 1 N–H and O–H groups in total. The van der Waals surface area contributed by atoms with Gasteiger partial charge in [0.15, 0.2) is 16.6 Å². The Kier molecular flexibility index (Phi) is 3.55. The minimum absolute atomic E-state index is 0.182. The summed E-state index contributed by atoms with van der Waals surface area (Å²) in [6, 6.07) is 3.10. The van der Waals surface area contributed by atoms with Crippen LogP contribution in [0.15, 0.2) is 24.4 Å². The van der Waals surface area contributed by atoms with Crippen LogP contribution in [0.5, 0.6) is 0 Å². The molecular weight excluding hydrogens is 289 g/mol. The second kappa shape index (κ2) is 4.86. The molecule has 2 rings (SSSR count). The maximum Gasteiger partial charge on any atom is 0.443 e. The van der Waals surface area contributed by atoms with Crippen LogP contribution in [0.4, 0.5) is 22.0 Å². The number of thiazole rings is 1. The lowest BCUT2D eigenvalue weighted by Gasteiger charge is -2.09. The normalized spacial score (nSPS) is 13.6. The molecule has 2 aromatic rings. The summed E-state index contributed by atoms with van der Waals surface area (Å²) in [5.74, 6) is -2.48. The molecule has 0 amide bonds. The largest absolute Gasteiger partial charge is 0.443 e. The zero-order valence-corrected chi connectivity index (χ0v) is 9.90. The first kappa shape index (κ1) is 13.9. The molecule has 1 heterocycles. The topological polar surface area (TPSA) is 33.1 Å². The van der Waals surface area contributed by atoms with E-state index in [2.05, 4.69) is 4.98 Å². The molecule has 0 saturated carbocycles. The predicted octanol–water partition coefficient (Wildman–Crippen LogP) is 3.52. The molecule has 8 heteroatoms. The Morgan fingerprint density at radius 3 is 2.47 bits per heavy atom. The van der Waals surface area contributed by atoms with E-state index in [1.165, 1.54) is 0 Å². The van der Waals surface area contributed by atoms with Crippen molar-refractivity contribution in [3.05, 3.63) is 51.5 Å². The Balaban J connectivity index is 2.37. The van der Waals surface area contributed by atoms with Crippen LogP contribution in [-0.4, -0.2) is 10.1 Å². The van der Waals surface area contributed by atoms with Crippen molar-refractivity contribution in [2.75, 3.05) is 0 Å². The van der Waals surface area contributed by atoms with Gasteiger partial charge in [-0.1, -0.05) is 12.1 Å². The van der Waals surface area contributed by atoms with Gasteiger partial charge in [0.2, 0.25) is 0 Å². The highest BCUT2D eigenvalue weighted by Crippen LogP contribution is 2.36. The van der Waals surface area contributed by atoms with Crippen LogP contribution in [0, 0.1) is 11.6 Å². The van der Waals surface area contributed by atoms with Gasteiger partial charge in [0.1, 0.15) is 6.10 Å². The van der Waals surface area contributed by atoms with E-state index in [1.807, 2.05) is 0 Å². The summed E-state index contributed by atoms with van der Waals surface area (Å²) in [6.07, 6.45) is -5.53. The lowest BCUT2D eigenvalue weighted by Crippen LogP contribution is -2.03. The Morgan fingerprint density at radius 1 is 1.21 bits per heavy atom. The van der Waals surface area contributed by atoms with Crippen molar-refractivity contribution in [3.8, 4) is 0 Å². The number of nitrogens with zero attached hydrogens (tertiary/aromatic N) is 1. The first-order valence-corrected chi connectivity index (χ1v) is 5.77. The number of aliphatic hydroxyl groups is 1. The number of aliphatic hydroxyl groups excluding tert-OH is 1. The molecule has 1 aromatic heterocycles. The first-order valence-electron chi connectivity index (χ1n) is 4.95. The lowest BCUT2D eigenvalue weighted by molar-refractivity contribution is -0.137.